The van der Waals surface area contributed by atoms with E-state index in [1.165, 1.54) is 17.3 Å². The minimum atomic E-state index is -1.41. The van der Waals surface area contributed by atoms with E-state index in [9.17, 15) is 9.90 Å². The SMILES string of the molecule is Cl.Cl.O=C(OC1CN2CCC1CC2)C(CO)(c1ccccc1)n1cncn1. The molecular weight excluding hydrogens is 391 g/mol. The Morgan fingerprint density at radius 2 is 1.93 bits per heavy atom. The minimum absolute atomic E-state index is 0. The predicted molar refractivity (Wildman–Crippen MR) is 104 cm³/mol. The second-order valence-electron chi connectivity index (χ2n) is 6.81. The van der Waals surface area contributed by atoms with E-state index in [1.807, 2.05) is 18.2 Å². The maximum atomic E-state index is 13.3. The summed E-state index contributed by atoms with van der Waals surface area (Å²) in [5, 5.41) is 14.4. The van der Waals surface area contributed by atoms with Crippen LogP contribution in [0, 0.1) is 5.92 Å². The normalized spacial score (nSPS) is 25.6. The number of nitrogens with zero attached hydrogens (tertiary/aromatic N) is 4. The molecule has 0 saturated carbocycles. The maximum Gasteiger partial charge on any atom is 0.341 e. The van der Waals surface area contributed by atoms with E-state index in [-0.39, 0.29) is 30.9 Å². The number of aliphatic hydroxyl groups excluding tert-OH is 1. The van der Waals surface area contributed by atoms with Crippen molar-refractivity contribution in [1.29, 1.82) is 0 Å². The van der Waals surface area contributed by atoms with Crippen molar-refractivity contribution in [2.75, 3.05) is 26.2 Å². The molecule has 0 radical (unpaired) electrons. The van der Waals surface area contributed by atoms with Crippen LogP contribution in [0.4, 0.5) is 0 Å². The summed E-state index contributed by atoms with van der Waals surface area (Å²) in [7, 11) is 0. The zero-order valence-corrected chi connectivity index (χ0v) is 16.4. The summed E-state index contributed by atoms with van der Waals surface area (Å²) in [4.78, 5) is 19.5. The fraction of sp³-hybridized carbons (Fsp3) is 0.500. The van der Waals surface area contributed by atoms with Gasteiger partial charge in [-0.1, -0.05) is 30.3 Å². The molecule has 27 heavy (non-hydrogen) atoms. The van der Waals surface area contributed by atoms with Crippen LogP contribution in [0.15, 0.2) is 43.0 Å². The number of halogens is 2. The van der Waals surface area contributed by atoms with Gasteiger partial charge in [-0.3, -0.25) is 4.90 Å². The molecule has 1 N–H and O–H groups in total. The monoisotopic (exact) mass is 414 g/mol. The Bertz CT molecular complexity index is 723. The fourth-order valence-corrected chi connectivity index (χ4v) is 3.97. The van der Waals surface area contributed by atoms with Gasteiger partial charge in [0.2, 0.25) is 5.54 Å². The van der Waals surface area contributed by atoms with E-state index >= 15 is 0 Å². The van der Waals surface area contributed by atoms with Gasteiger partial charge >= 0.3 is 5.97 Å². The fourth-order valence-electron chi connectivity index (χ4n) is 3.97. The van der Waals surface area contributed by atoms with Crippen molar-refractivity contribution in [3.63, 3.8) is 0 Å². The number of esters is 1. The summed E-state index contributed by atoms with van der Waals surface area (Å²) in [5.74, 6) is -0.0812. The summed E-state index contributed by atoms with van der Waals surface area (Å²) in [5.41, 5.74) is -0.779. The zero-order chi connectivity index (χ0) is 17.3. The number of aliphatic hydroxyl groups is 1. The van der Waals surface area contributed by atoms with Crippen molar-refractivity contribution in [1.82, 2.24) is 19.7 Å². The topological polar surface area (TPSA) is 80.5 Å². The minimum Gasteiger partial charge on any atom is -0.459 e. The van der Waals surface area contributed by atoms with Gasteiger partial charge in [0.05, 0.1) is 6.61 Å². The number of hydrogen-bond donors (Lipinski definition) is 1. The molecule has 3 fully saturated rings. The van der Waals surface area contributed by atoms with E-state index < -0.39 is 18.1 Å². The molecule has 148 valence electrons. The predicted octanol–water partition coefficient (Wildman–Crippen LogP) is 1.49. The molecular formula is C18H24Cl2N4O3. The molecule has 2 aromatic rings. The van der Waals surface area contributed by atoms with Gasteiger partial charge in [-0.25, -0.2) is 14.5 Å². The molecule has 2 unspecified atom stereocenters. The molecule has 3 saturated heterocycles. The molecule has 0 aliphatic carbocycles. The van der Waals surface area contributed by atoms with Crippen LogP contribution in [0.5, 0.6) is 0 Å². The molecule has 4 heterocycles. The van der Waals surface area contributed by atoms with Crippen LogP contribution in [0.2, 0.25) is 0 Å². The van der Waals surface area contributed by atoms with E-state index in [4.69, 9.17) is 4.74 Å². The van der Waals surface area contributed by atoms with Crippen LogP contribution < -0.4 is 0 Å². The Morgan fingerprint density at radius 3 is 2.44 bits per heavy atom. The lowest BCUT2D eigenvalue weighted by molar-refractivity contribution is -0.170. The number of rotatable bonds is 5. The largest absolute Gasteiger partial charge is 0.459 e. The number of piperidine rings is 3. The van der Waals surface area contributed by atoms with Crippen LogP contribution in [0.3, 0.4) is 0 Å². The average Bonchev–Trinajstić information content (AvgIpc) is 3.20. The first-order valence-electron chi connectivity index (χ1n) is 8.69. The first-order chi connectivity index (χ1) is 12.2. The summed E-state index contributed by atoms with van der Waals surface area (Å²) in [6, 6.07) is 9.13. The standard InChI is InChI=1S/C18H22N4O3.2ClH/c23-11-18(22-13-19-12-20-22,15-4-2-1-3-5-15)17(24)25-16-10-21-8-6-14(16)7-9-21;;/h1-5,12-14,16,23H,6-11H2;2*1H. The second-order valence-corrected chi connectivity index (χ2v) is 6.81. The highest BCUT2D eigenvalue weighted by Crippen LogP contribution is 2.33. The van der Waals surface area contributed by atoms with Gasteiger partial charge < -0.3 is 9.84 Å². The van der Waals surface area contributed by atoms with Gasteiger partial charge in [-0.2, -0.15) is 5.10 Å². The molecule has 1 aromatic carbocycles. The van der Waals surface area contributed by atoms with Crippen LogP contribution >= 0.6 is 24.8 Å². The Labute approximate surface area is 170 Å². The van der Waals surface area contributed by atoms with E-state index in [0.29, 0.717) is 11.5 Å². The number of carbonyl (C=O) groups is 1. The maximum absolute atomic E-state index is 13.3. The lowest BCUT2D eigenvalue weighted by Crippen LogP contribution is -2.55. The molecule has 5 rings (SSSR count). The van der Waals surface area contributed by atoms with Crippen LogP contribution in [0.1, 0.15) is 18.4 Å². The first-order valence-corrected chi connectivity index (χ1v) is 8.69. The summed E-state index contributed by atoms with van der Waals surface area (Å²) in [6.45, 7) is 2.47. The number of ether oxygens (including phenoxy) is 1. The quantitative estimate of drug-likeness (QED) is 0.746. The van der Waals surface area contributed by atoms with Gasteiger partial charge in [-0.15, -0.1) is 24.8 Å². The molecule has 1 aromatic heterocycles. The first kappa shape index (κ1) is 21.6. The van der Waals surface area contributed by atoms with Crippen molar-refractivity contribution < 1.29 is 14.6 Å². The highest BCUT2D eigenvalue weighted by molar-refractivity contribution is 5.85. The Morgan fingerprint density at radius 1 is 1.22 bits per heavy atom. The molecule has 0 spiro atoms. The van der Waals surface area contributed by atoms with Gasteiger partial charge in [0, 0.05) is 6.54 Å². The lowest BCUT2D eigenvalue weighted by Gasteiger charge is -2.45. The lowest BCUT2D eigenvalue weighted by atomic mass is 9.85. The summed E-state index contributed by atoms with van der Waals surface area (Å²) >= 11 is 0. The number of hydrogen-bond acceptors (Lipinski definition) is 6. The van der Waals surface area contributed by atoms with Gasteiger partial charge in [0.25, 0.3) is 0 Å². The third-order valence-corrected chi connectivity index (χ3v) is 5.48. The molecule has 7 nitrogen and oxygen atoms in total. The Kier molecular flexibility index (Phi) is 7.22. The van der Waals surface area contributed by atoms with Crippen LogP contribution in [-0.2, 0) is 15.1 Å². The van der Waals surface area contributed by atoms with E-state index in [2.05, 4.69) is 15.0 Å². The van der Waals surface area contributed by atoms with Crippen molar-refractivity contribution in [2.24, 2.45) is 5.92 Å². The van der Waals surface area contributed by atoms with Crippen LogP contribution in [-0.4, -0.2) is 63.1 Å². The van der Waals surface area contributed by atoms with Crippen molar-refractivity contribution in [2.45, 2.75) is 24.5 Å². The highest BCUT2D eigenvalue weighted by atomic mass is 35.5. The second kappa shape index (κ2) is 9.01. The number of benzene rings is 1. The van der Waals surface area contributed by atoms with E-state index in [0.717, 1.165) is 32.5 Å². The van der Waals surface area contributed by atoms with Crippen molar-refractivity contribution >= 4 is 30.8 Å². The van der Waals surface area contributed by atoms with Gasteiger partial charge in [0.15, 0.2) is 0 Å². The van der Waals surface area contributed by atoms with Crippen LogP contribution in [0.25, 0.3) is 0 Å². The van der Waals surface area contributed by atoms with Gasteiger partial charge in [0.1, 0.15) is 18.8 Å². The molecule has 0 amide bonds. The third kappa shape index (κ3) is 3.82. The van der Waals surface area contributed by atoms with Crippen molar-refractivity contribution in [3.8, 4) is 0 Å². The Balaban J connectivity index is 0.00000131. The average molecular weight is 415 g/mol. The number of aromatic nitrogens is 3. The summed E-state index contributed by atoms with van der Waals surface area (Å²) < 4.78 is 7.33. The highest BCUT2D eigenvalue weighted by Gasteiger charge is 2.47. The smallest absolute Gasteiger partial charge is 0.341 e. The molecule has 2 atom stereocenters. The van der Waals surface area contributed by atoms with Crippen molar-refractivity contribution in [3.05, 3.63) is 48.5 Å². The van der Waals surface area contributed by atoms with E-state index in [1.54, 1.807) is 12.1 Å². The Hall–Kier alpha value is -1.67. The number of carbonyl (C=O) groups excluding carboxylic acids is 1. The molecule has 9 heteroatoms. The molecule has 2 bridgehead atoms. The summed E-state index contributed by atoms with van der Waals surface area (Å²) in [6.07, 6.45) is 4.78. The third-order valence-electron chi connectivity index (χ3n) is 5.48. The molecule has 3 aliphatic heterocycles. The molecule has 3 aliphatic rings. The zero-order valence-electron chi connectivity index (χ0n) is 14.8. The van der Waals surface area contributed by atoms with Gasteiger partial charge in [-0.05, 0) is 37.4 Å². The number of fused-ring (bicyclic) bond motifs is 3.